The monoisotopic (exact) mass is 516 g/mol. The summed E-state index contributed by atoms with van der Waals surface area (Å²) in [4.78, 5) is 23.2. The van der Waals surface area contributed by atoms with Gasteiger partial charge >= 0.3 is 0 Å². The first-order valence-electron chi connectivity index (χ1n) is 12.4. The van der Waals surface area contributed by atoms with Gasteiger partial charge in [-0.1, -0.05) is 19.1 Å². The zero-order valence-electron chi connectivity index (χ0n) is 20.9. The standard InChI is InChI=1S/C29H28N2O5S/c1-4-5-18-12-19(27-30-28(32)25-20-8-6-16(2)10-24(20)37-29(25)31-27)13-23(33-3)26(18)34-14-17-7-9-21-22(11-17)36-15-35-21/h4,7,9,11-13,16H,1,5-6,8,10,14-15H2,2-3H3,(H,30,31,32). The molecule has 2 aromatic heterocycles. The van der Waals surface area contributed by atoms with E-state index in [1.54, 1.807) is 18.4 Å². The molecule has 190 valence electrons. The lowest BCUT2D eigenvalue weighted by Crippen LogP contribution is -2.13. The lowest BCUT2D eigenvalue weighted by molar-refractivity contribution is 0.174. The summed E-state index contributed by atoms with van der Waals surface area (Å²) in [6, 6.07) is 9.60. The van der Waals surface area contributed by atoms with Crippen LogP contribution < -0.4 is 24.5 Å². The van der Waals surface area contributed by atoms with Crippen LogP contribution in [-0.4, -0.2) is 23.9 Å². The van der Waals surface area contributed by atoms with Crippen molar-refractivity contribution in [3.8, 4) is 34.4 Å². The molecule has 3 heterocycles. The van der Waals surface area contributed by atoms with Gasteiger partial charge in [0.15, 0.2) is 23.0 Å². The van der Waals surface area contributed by atoms with E-state index in [1.165, 1.54) is 10.4 Å². The first-order chi connectivity index (χ1) is 18.0. The van der Waals surface area contributed by atoms with Crippen molar-refractivity contribution in [1.29, 1.82) is 0 Å². The van der Waals surface area contributed by atoms with Crippen molar-refractivity contribution in [3.63, 3.8) is 0 Å². The van der Waals surface area contributed by atoms with E-state index in [2.05, 4.69) is 18.5 Å². The number of fused-ring (bicyclic) bond motifs is 4. The average molecular weight is 517 g/mol. The van der Waals surface area contributed by atoms with E-state index < -0.39 is 0 Å². The fourth-order valence-electron chi connectivity index (χ4n) is 5.09. The zero-order chi connectivity index (χ0) is 25.5. The van der Waals surface area contributed by atoms with Crippen LogP contribution in [0.2, 0.25) is 0 Å². The average Bonchev–Trinajstić information content (AvgIpc) is 3.51. The molecule has 0 amide bonds. The summed E-state index contributed by atoms with van der Waals surface area (Å²) < 4.78 is 22.9. The number of H-pyrrole nitrogens is 1. The Bertz CT molecular complexity index is 1570. The second kappa shape index (κ2) is 9.59. The van der Waals surface area contributed by atoms with Gasteiger partial charge in [0.05, 0.1) is 12.5 Å². The molecule has 0 radical (unpaired) electrons. The van der Waals surface area contributed by atoms with Crippen molar-refractivity contribution in [2.75, 3.05) is 13.9 Å². The predicted octanol–water partition coefficient (Wildman–Crippen LogP) is 5.82. The number of ether oxygens (including phenoxy) is 4. The Hall–Kier alpha value is -3.78. The van der Waals surface area contributed by atoms with Crippen LogP contribution in [0.25, 0.3) is 21.6 Å². The third-order valence-corrected chi connectivity index (χ3v) is 8.12. The number of aryl methyl sites for hydroxylation is 1. The SMILES string of the molecule is C=CCc1cc(-c2nc3sc4c(c3c(=O)[nH]2)CCC(C)C4)cc(OC)c1OCc1ccc2c(c1)OCO2. The van der Waals surface area contributed by atoms with Crippen molar-refractivity contribution in [2.45, 2.75) is 39.2 Å². The van der Waals surface area contributed by atoms with Gasteiger partial charge in [0.1, 0.15) is 17.3 Å². The van der Waals surface area contributed by atoms with Crippen molar-refractivity contribution in [3.05, 3.63) is 74.9 Å². The van der Waals surface area contributed by atoms with Gasteiger partial charge in [-0.2, -0.15) is 0 Å². The molecule has 1 aliphatic carbocycles. The number of hydrogen-bond acceptors (Lipinski definition) is 7. The third-order valence-electron chi connectivity index (χ3n) is 6.97. The molecule has 1 N–H and O–H groups in total. The van der Waals surface area contributed by atoms with E-state index in [-0.39, 0.29) is 12.4 Å². The Morgan fingerprint density at radius 2 is 2.11 bits per heavy atom. The number of hydrogen-bond donors (Lipinski definition) is 1. The summed E-state index contributed by atoms with van der Waals surface area (Å²) in [6.07, 6.45) is 5.44. The molecular formula is C29H28N2O5S. The van der Waals surface area contributed by atoms with Gasteiger partial charge in [-0.05, 0) is 67.0 Å². The molecule has 2 aromatic carbocycles. The molecule has 0 fully saturated rings. The molecule has 1 unspecified atom stereocenters. The highest BCUT2D eigenvalue weighted by Crippen LogP contribution is 2.39. The van der Waals surface area contributed by atoms with Crippen molar-refractivity contribution < 1.29 is 18.9 Å². The minimum atomic E-state index is -0.0839. The molecule has 0 spiro atoms. The summed E-state index contributed by atoms with van der Waals surface area (Å²) in [6.45, 7) is 6.74. The topological polar surface area (TPSA) is 82.7 Å². The van der Waals surface area contributed by atoms with E-state index in [0.717, 1.165) is 51.9 Å². The largest absolute Gasteiger partial charge is 0.493 e. The smallest absolute Gasteiger partial charge is 0.260 e. The highest BCUT2D eigenvalue weighted by molar-refractivity contribution is 7.18. The molecule has 0 saturated heterocycles. The fourth-order valence-corrected chi connectivity index (χ4v) is 6.47. The molecule has 4 aromatic rings. The number of benzene rings is 2. The van der Waals surface area contributed by atoms with Gasteiger partial charge in [0.25, 0.3) is 5.56 Å². The Balaban J connectivity index is 1.36. The second-order valence-electron chi connectivity index (χ2n) is 9.58. The summed E-state index contributed by atoms with van der Waals surface area (Å²) >= 11 is 1.65. The molecule has 7 nitrogen and oxygen atoms in total. The van der Waals surface area contributed by atoms with Crippen molar-refractivity contribution >= 4 is 21.6 Å². The van der Waals surface area contributed by atoms with Crippen LogP contribution in [0, 0.1) is 5.92 Å². The molecule has 0 bridgehead atoms. The van der Waals surface area contributed by atoms with Crippen LogP contribution in [0.4, 0.5) is 0 Å². The highest BCUT2D eigenvalue weighted by Gasteiger charge is 2.24. The summed E-state index contributed by atoms with van der Waals surface area (Å²) in [5.74, 6) is 3.80. The van der Waals surface area contributed by atoms with Gasteiger partial charge in [0, 0.05) is 16.0 Å². The molecule has 1 aliphatic heterocycles. The number of methoxy groups -OCH3 is 1. The minimum Gasteiger partial charge on any atom is -0.493 e. The number of nitrogens with one attached hydrogen (secondary N) is 1. The maximum Gasteiger partial charge on any atom is 0.260 e. The second-order valence-corrected chi connectivity index (χ2v) is 10.7. The van der Waals surface area contributed by atoms with E-state index in [0.29, 0.717) is 42.0 Å². The van der Waals surface area contributed by atoms with Crippen LogP contribution in [0.5, 0.6) is 23.0 Å². The fraction of sp³-hybridized carbons (Fsp3) is 0.310. The summed E-state index contributed by atoms with van der Waals surface area (Å²) in [5, 5.41) is 0.748. The molecule has 8 heteroatoms. The number of nitrogens with zero attached hydrogens (tertiary/aromatic N) is 1. The molecule has 6 rings (SSSR count). The summed E-state index contributed by atoms with van der Waals surface area (Å²) in [7, 11) is 1.61. The maximum atomic E-state index is 13.2. The zero-order valence-corrected chi connectivity index (χ0v) is 21.7. The van der Waals surface area contributed by atoms with Gasteiger partial charge in [-0.3, -0.25) is 4.79 Å². The number of allylic oxidation sites excluding steroid dienone is 1. The van der Waals surface area contributed by atoms with Crippen LogP contribution in [0.1, 0.15) is 34.9 Å². The van der Waals surface area contributed by atoms with Gasteiger partial charge in [-0.15, -0.1) is 17.9 Å². The Labute approximate surface area is 218 Å². The van der Waals surface area contributed by atoms with Crippen molar-refractivity contribution in [2.24, 2.45) is 5.92 Å². The first-order valence-corrected chi connectivity index (χ1v) is 13.2. The summed E-state index contributed by atoms with van der Waals surface area (Å²) in [5.41, 5.74) is 3.71. The Kier molecular flexibility index (Phi) is 6.12. The van der Waals surface area contributed by atoms with Gasteiger partial charge in [-0.25, -0.2) is 4.98 Å². The third kappa shape index (κ3) is 4.35. The predicted molar refractivity (Wildman–Crippen MR) is 144 cm³/mol. The molecule has 0 saturated carbocycles. The normalized spacial score (nSPS) is 16.0. The molecule has 37 heavy (non-hydrogen) atoms. The lowest BCUT2D eigenvalue weighted by Gasteiger charge is -2.17. The van der Waals surface area contributed by atoms with E-state index in [9.17, 15) is 4.79 Å². The maximum absolute atomic E-state index is 13.2. The molecular weight excluding hydrogens is 488 g/mol. The minimum absolute atomic E-state index is 0.0839. The van der Waals surface area contributed by atoms with E-state index in [1.807, 2.05) is 36.4 Å². The Morgan fingerprint density at radius 3 is 2.95 bits per heavy atom. The quantitative estimate of drug-likeness (QED) is 0.312. The van der Waals surface area contributed by atoms with Crippen molar-refractivity contribution in [1.82, 2.24) is 9.97 Å². The van der Waals surface area contributed by atoms with Crippen LogP contribution in [0.15, 0.2) is 47.8 Å². The molecule has 2 aliphatic rings. The number of thiophene rings is 1. The van der Waals surface area contributed by atoms with Crippen LogP contribution in [-0.2, 0) is 25.9 Å². The first kappa shape index (κ1) is 23.6. The number of aromatic amines is 1. The van der Waals surface area contributed by atoms with E-state index >= 15 is 0 Å². The van der Waals surface area contributed by atoms with Crippen LogP contribution in [0.3, 0.4) is 0 Å². The highest BCUT2D eigenvalue weighted by atomic mass is 32.1. The van der Waals surface area contributed by atoms with Crippen LogP contribution >= 0.6 is 11.3 Å². The van der Waals surface area contributed by atoms with E-state index in [4.69, 9.17) is 23.9 Å². The number of rotatable bonds is 7. The number of aromatic nitrogens is 2. The molecule has 1 atom stereocenters. The van der Waals surface area contributed by atoms with Gasteiger partial charge in [0.2, 0.25) is 6.79 Å². The van der Waals surface area contributed by atoms with Gasteiger partial charge < -0.3 is 23.9 Å². The Morgan fingerprint density at radius 1 is 1.24 bits per heavy atom. The lowest BCUT2D eigenvalue weighted by atomic mass is 9.89.